The maximum absolute atomic E-state index is 5.42. The summed E-state index contributed by atoms with van der Waals surface area (Å²) >= 11 is 0. The molecule has 0 atom stereocenters. The van der Waals surface area contributed by atoms with Gasteiger partial charge in [-0.05, 0) is 6.07 Å². The van der Waals surface area contributed by atoms with E-state index < -0.39 is 5.97 Å². The monoisotopic (exact) mass is 222 g/mol. The minimum absolute atomic E-state index is 0.718. The van der Waals surface area contributed by atoms with Crippen molar-refractivity contribution >= 4 is 11.0 Å². The molecule has 0 radical (unpaired) electrons. The van der Waals surface area contributed by atoms with Crippen LogP contribution in [0.3, 0.4) is 0 Å². The summed E-state index contributed by atoms with van der Waals surface area (Å²) in [5.74, 6) is -1.22. The Bertz CT molecular complexity index is 462. The smallest absolute Gasteiger partial charge is 0.315 e. The Hall–Kier alpha value is -1.36. The molecule has 16 heavy (non-hydrogen) atoms. The first-order chi connectivity index (χ1) is 7.77. The third-order valence-corrected chi connectivity index (χ3v) is 2.62. The summed E-state index contributed by atoms with van der Waals surface area (Å²) in [5.41, 5.74) is 1.49. The number of hydrogen-bond donors (Lipinski definition) is 0. The molecule has 86 valence electrons. The molecule has 1 heterocycles. The lowest BCUT2D eigenvalue weighted by Gasteiger charge is -2.27. The standard InChI is InChI=1S/C12H14O4/c1-13-12(14-2,15-3)10-8-16-11-7-5-4-6-9(10)11/h4-8H,1-3H3. The Morgan fingerprint density at radius 1 is 1.00 bits per heavy atom. The van der Waals surface area contributed by atoms with Gasteiger partial charge in [0.2, 0.25) is 0 Å². The summed E-state index contributed by atoms with van der Waals surface area (Å²) in [5, 5.41) is 0.910. The van der Waals surface area contributed by atoms with Crippen molar-refractivity contribution < 1.29 is 18.6 Å². The summed E-state index contributed by atoms with van der Waals surface area (Å²) in [7, 11) is 4.57. The second-order valence-corrected chi connectivity index (χ2v) is 3.31. The van der Waals surface area contributed by atoms with Gasteiger partial charge in [-0.2, -0.15) is 0 Å². The van der Waals surface area contributed by atoms with Crippen molar-refractivity contribution in [2.75, 3.05) is 21.3 Å². The maximum Gasteiger partial charge on any atom is 0.315 e. The van der Waals surface area contributed by atoms with E-state index in [2.05, 4.69) is 0 Å². The Balaban J connectivity index is 2.61. The summed E-state index contributed by atoms with van der Waals surface area (Å²) in [6.45, 7) is 0. The first-order valence-electron chi connectivity index (χ1n) is 4.89. The van der Waals surface area contributed by atoms with Gasteiger partial charge in [0.25, 0.3) is 0 Å². The van der Waals surface area contributed by atoms with Crippen LogP contribution in [0.2, 0.25) is 0 Å². The lowest BCUT2D eigenvalue weighted by atomic mass is 10.1. The van der Waals surface area contributed by atoms with Crippen molar-refractivity contribution in [2.24, 2.45) is 0 Å². The third kappa shape index (κ3) is 1.51. The Morgan fingerprint density at radius 2 is 1.62 bits per heavy atom. The van der Waals surface area contributed by atoms with E-state index in [-0.39, 0.29) is 0 Å². The highest BCUT2D eigenvalue weighted by molar-refractivity contribution is 5.81. The Morgan fingerprint density at radius 3 is 2.25 bits per heavy atom. The lowest BCUT2D eigenvalue weighted by Crippen LogP contribution is -2.32. The van der Waals surface area contributed by atoms with Gasteiger partial charge in [-0.25, -0.2) is 0 Å². The number of fused-ring (bicyclic) bond motifs is 1. The Labute approximate surface area is 93.7 Å². The van der Waals surface area contributed by atoms with E-state index in [4.69, 9.17) is 18.6 Å². The molecule has 0 amide bonds. The molecular formula is C12H14O4. The van der Waals surface area contributed by atoms with Crippen molar-refractivity contribution in [3.63, 3.8) is 0 Å². The molecule has 0 aliphatic heterocycles. The average molecular weight is 222 g/mol. The fourth-order valence-corrected chi connectivity index (χ4v) is 1.79. The van der Waals surface area contributed by atoms with Crippen molar-refractivity contribution in [1.29, 1.82) is 0 Å². The molecular weight excluding hydrogens is 208 g/mol. The van der Waals surface area contributed by atoms with Gasteiger partial charge in [-0.15, -0.1) is 0 Å². The molecule has 0 fully saturated rings. The molecule has 4 heteroatoms. The van der Waals surface area contributed by atoms with Crippen LogP contribution < -0.4 is 0 Å². The molecule has 0 saturated carbocycles. The predicted molar refractivity (Wildman–Crippen MR) is 58.9 cm³/mol. The van der Waals surface area contributed by atoms with E-state index in [0.717, 1.165) is 16.5 Å². The van der Waals surface area contributed by atoms with Gasteiger partial charge < -0.3 is 18.6 Å². The number of rotatable bonds is 4. The zero-order valence-corrected chi connectivity index (χ0v) is 9.52. The molecule has 0 aliphatic carbocycles. The van der Waals surface area contributed by atoms with E-state index in [0.29, 0.717) is 0 Å². The van der Waals surface area contributed by atoms with Crippen LogP contribution in [0.25, 0.3) is 11.0 Å². The maximum atomic E-state index is 5.42. The first kappa shape index (κ1) is 11.1. The van der Waals surface area contributed by atoms with Gasteiger partial charge >= 0.3 is 5.97 Å². The normalized spacial score (nSPS) is 12.2. The van der Waals surface area contributed by atoms with E-state index in [9.17, 15) is 0 Å². The number of hydrogen-bond acceptors (Lipinski definition) is 4. The van der Waals surface area contributed by atoms with Crippen LogP contribution in [0.15, 0.2) is 34.9 Å². The molecule has 0 saturated heterocycles. The Kier molecular flexibility index (Phi) is 2.96. The van der Waals surface area contributed by atoms with Crippen LogP contribution in [0.5, 0.6) is 0 Å². The predicted octanol–water partition coefficient (Wildman–Crippen LogP) is 2.48. The zero-order chi connectivity index (χ0) is 11.6. The number of benzene rings is 1. The lowest BCUT2D eigenvalue weighted by molar-refractivity contribution is -0.364. The minimum atomic E-state index is -1.22. The van der Waals surface area contributed by atoms with Gasteiger partial charge in [-0.3, -0.25) is 0 Å². The molecule has 4 nitrogen and oxygen atoms in total. The van der Waals surface area contributed by atoms with Crippen LogP contribution in [0.4, 0.5) is 0 Å². The van der Waals surface area contributed by atoms with Crippen LogP contribution in [0, 0.1) is 0 Å². The minimum Gasteiger partial charge on any atom is -0.464 e. The largest absolute Gasteiger partial charge is 0.464 e. The first-order valence-corrected chi connectivity index (χ1v) is 4.89. The van der Waals surface area contributed by atoms with Crippen LogP contribution >= 0.6 is 0 Å². The van der Waals surface area contributed by atoms with Crippen molar-refractivity contribution in [3.05, 3.63) is 36.1 Å². The van der Waals surface area contributed by atoms with Gasteiger partial charge in [0.1, 0.15) is 11.8 Å². The molecule has 2 rings (SSSR count). The molecule has 0 spiro atoms. The molecule has 0 bridgehead atoms. The summed E-state index contributed by atoms with van der Waals surface area (Å²) in [6.07, 6.45) is 1.58. The fourth-order valence-electron chi connectivity index (χ4n) is 1.79. The van der Waals surface area contributed by atoms with Gasteiger partial charge in [-0.1, -0.05) is 18.2 Å². The second kappa shape index (κ2) is 4.25. The molecule has 0 unspecified atom stereocenters. The quantitative estimate of drug-likeness (QED) is 0.745. The van der Waals surface area contributed by atoms with E-state index >= 15 is 0 Å². The van der Waals surface area contributed by atoms with Crippen LogP contribution in [0.1, 0.15) is 5.56 Å². The number of ether oxygens (including phenoxy) is 3. The second-order valence-electron chi connectivity index (χ2n) is 3.31. The molecule has 0 N–H and O–H groups in total. The highest BCUT2D eigenvalue weighted by atomic mass is 16.9. The van der Waals surface area contributed by atoms with Crippen molar-refractivity contribution in [2.45, 2.75) is 5.97 Å². The third-order valence-electron chi connectivity index (χ3n) is 2.62. The van der Waals surface area contributed by atoms with Crippen LogP contribution in [-0.4, -0.2) is 21.3 Å². The summed E-state index contributed by atoms with van der Waals surface area (Å²) in [4.78, 5) is 0. The zero-order valence-electron chi connectivity index (χ0n) is 9.52. The van der Waals surface area contributed by atoms with Gasteiger partial charge in [0.15, 0.2) is 0 Å². The number of furan rings is 1. The fraction of sp³-hybridized carbons (Fsp3) is 0.333. The van der Waals surface area contributed by atoms with Crippen LogP contribution in [-0.2, 0) is 20.2 Å². The van der Waals surface area contributed by atoms with Crippen molar-refractivity contribution in [1.82, 2.24) is 0 Å². The van der Waals surface area contributed by atoms with Crippen molar-refractivity contribution in [3.8, 4) is 0 Å². The average Bonchev–Trinajstić information content (AvgIpc) is 2.77. The molecule has 1 aromatic carbocycles. The summed E-state index contributed by atoms with van der Waals surface area (Å²) in [6, 6.07) is 7.64. The van der Waals surface area contributed by atoms with Gasteiger partial charge in [0.05, 0.1) is 5.56 Å². The van der Waals surface area contributed by atoms with Gasteiger partial charge in [0, 0.05) is 26.7 Å². The summed E-state index contributed by atoms with van der Waals surface area (Å²) < 4.78 is 21.3. The molecule has 0 aliphatic rings. The number of methoxy groups -OCH3 is 3. The highest BCUT2D eigenvalue weighted by Crippen LogP contribution is 2.34. The molecule has 2 aromatic rings. The van der Waals surface area contributed by atoms with E-state index in [1.165, 1.54) is 21.3 Å². The molecule has 1 aromatic heterocycles. The SMILES string of the molecule is COC(OC)(OC)c1coc2ccccc12. The van der Waals surface area contributed by atoms with E-state index in [1.54, 1.807) is 6.26 Å². The number of para-hydroxylation sites is 1. The topological polar surface area (TPSA) is 40.8 Å². The van der Waals surface area contributed by atoms with E-state index in [1.807, 2.05) is 24.3 Å². The highest BCUT2D eigenvalue weighted by Gasteiger charge is 2.35.